The molecule has 4 aliphatic rings. The number of carbonyl (C=O) groups is 5. The predicted octanol–water partition coefficient (Wildman–Crippen LogP) is 3.72. The molecule has 3 N–H and O–H groups in total. The van der Waals surface area contributed by atoms with Crippen LogP contribution in [0, 0.1) is 0 Å². The van der Waals surface area contributed by atoms with Crippen LogP contribution in [0.25, 0.3) is 27.9 Å². The fourth-order valence-electron chi connectivity index (χ4n) is 7.66. The zero-order valence-electron chi connectivity index (χ0n) is 29.3. The summed E-state index contributed by atoms with van der Waals surface area (Å²) in [7, 11) is 0. The number of rotatable bonds is 10. The molecule has 0 bridgehead atoms. The number of nitrogens with zero attached hydrogens (tertiary/aromatic N) is 6. The van der Waals surface area contributed by atoms with E-state index < -0.39 is 29.7 Å². The molecule has 53 heavy (non-hydrogen) atoms. The zero-order chi connectivity index (χ0) is 36.5. The highest BCUT2D eigenvalue weighted by Crippen LogP contribution is 2.30. The van der Waals surface area contributed by atoms with Gasteiger partial charge in [-0.25, -0.2) is 4.98 Å². The fourth-order valence-corrected chi connectivity index (χ4v) is 7.66. The first kappa shape index (κ1) is 34.3. The maximum Gasteiger partial charge on any atom is 0.262 e. The number of piperidine rings is 2. The molecular formula is C39H41N9O5. The van der Waals surface area contributed by atoms with Crippen molar-refractivity contribution >= 4 is 51.8 Å². The monoisotopic (exact) mass is 715 g/mol. The van der Waals surface area contributed by atoms with Gasteiger partial charge in [-0.15, -0.1) is 0 Å². The lowest BCUT2D eigenvalue weighted by Crippen LogP contribution is -2.54. The van der Waals surface area contributed by atoms with Crippen molar-refractivity contribution in [1.82, 2.24) is 40.2 Å². The van der Waals surface area contributed by atoms with Gasteiger partial charge in [0.05, 0.1) is 46.3 Å². The van der Waals surface area contributed by atoms with Crippen LogP contribution < -0.4 is 16.0 Å². The Labute approximate surface area is 306 Å². The van der Waals surface area contributed by atoms with Gasteiger partial charge in [-0.1, -0.05) is 12.1 Å². The number of hydrogen-bond donors (Lipinski definition) is 3. The van der Waals surface area contributed by atoms with Crippen LogP contribution in [-0.2, 0) is 14.4 Å². The summed E-state index contributed by atoms with van der Waals surface area (Å²) in [6.07, 6.45) is 12.7. The summed E-state index contributed by atoms with van der Waals surface area (Å²) in [5.74, 6) is -1.96. The van der Waals surface area contributed by atoms with Gasteiger partial charge in [0.1, 0.15) is 6.04 Å². The molecule has 14 nitrogen and oxygen atoms in total. The first-order valence-corrected chi connectivity index (χ1v) is 18.4. The molecule has 0 radical (unpaired) electrons. The number of likely N-dealkylation sites (tertiary alicyclic amines) is 1. The smallest absolute Gasteiger partial charge is 0.262 e. The van der Waals surface area contributed by atoms with Crippen LogP contribution in [0.15, 0.2) is 61.1 Å². The minimum absolute atomic E-state index is 0.0750. The van der Waals surface area contributed by atoms with Gasteiger partial charge in [0.2, 0.25) is 17.7 Å². The Morgan fingerprint density at radius 1 is 0.887 bits per heavy atom. The van der Waals surface area contributed by atoms with Crippen molar-refractivity contribution in [2.75, 3.05) is 38.0 Å². The summed E-state index contributed by atoms with van der Waals surface area (Å²) < 4.78 is 2.00. The van der Waals surface area contributed by atoms with E-state index in [4.69, 9.17) is 4.98 Å². The van der Waals surface area contributed by atoms with Gasteiger partial charge in [-0.2, -0.15) is 5.10 Å². The lowest BCUT2D eigenvalue weighted by molar-refractivity contribution is -0.136. The average molecular weight is 716 g/mol. The van der Waals surface area contributed by atoms with Gasteiger partial charge in [0.15, 0.2) is 0 Å². The van der Waals surface area contributed by atoms with E-state index in [1.807, 2.05) is 28.0 Å². The minimum atomic E-state index is -0.994. The quantitative estimate of drug-likeness (QED) is 0.162. The van der Waals surface area contributed by atoms with Crippen molar-refractivity contribution in [1.29, 1.82) is 0 Å². The molecule has 0 saturated carbocycles. The molecule has 0 aliphatic carbocycles. The third-order valence-electron chi connectivity index (χ3n) is 10.7. The van der Waals surface area contributed by atoms with E-state index in [9.17, 15) is 24.0 Å². The van der Waals surface area contributed by atoms with Crippen LogP contribution in [0.3, 0.4) is 0 Å². The number of fused-ring (bicyclic) bond motifs is 2. The molecule has 0 spiro atoms. The number of hydrogen-bond acceptors (Lipinski definition) is 10. The third kappa shape index (κ3) is 7.06. The number of anilines is 1. The van der Waals surface area contributed by atoms with Crippen molar-refractivity contribution in [3.63, 3.8) is 0 Å². The Bertz CT molecular complexity index is 2150. The summed E-state index contributed by atoms with van der Waals surface area (Å²) in [6, 6.07) is 10.4. The van der Waals surface area contributed by atoms with E-state index in [1.165, 1.54) is 11.1 Å². The summed E-state index contributed by atoms with van der Waals surface area (Å²) >= 11 is 0. The van der Waals surface area contributed by atoms with Crippen LogP contribution in [0.2, 0.25) is 0 Å². The van der Waals surface area contributed by atoms with Crippen molar-refractivity contribution in [3.05, 3.63) is 77.8 Å². The summed E-state index contributed by atoms with van der Waals surface area (Å²) in [5, 5.41) is 13.5. The SMILES string of the molecule is O=C1CCC(N2C(=O)c3ccc(NCCCCC(=O)N4CCC(n5cc(-c6cnc7ccc(C8=CCNCC8)cc7n6)cn5)CC4)cc3C2=O)C(=O)N1. The summed E-state index contributed by atoms with van der Waals surface area (Å²) in [6.45, 7) is 3.81. The Hall–Kier alpha value is -5.76. The van der Waals surface area contributed by atoms with E-state index in [-0.39, 0.29) is 35.9 Å². The molecule has 4 aliphatic heterocycles. The molecule has 2 aromatic carbocycles. The second kappa shape index (κ2) is 14.7. The van der Waals surface area contributed by atoms with Crippen molar-refractivity contribution < 1.29 is 24.0 Å². The van der Waals surface area contributed by atoms with Gasteiger partial charge < -0.3 is 15.5 Å². The number of aromatic nitrogens is 4. The van der Waals surface area contributed by atoms with Gasteiger partial charge >= 0.3 is 0 Å². The molecule has 2 fully saturated rings. The van der Waals surface area contributed by atoms with E-state index in [0.717, 1.165) is 66.0 Å². The second-order valence-electron chi connectivity index (χ2n) is 14.1. The molecule has 2 aromatic heterocycles. The third-order valence-corrected chi connectivity index (χ3v) is 10.7. The van der Waals surface area contributed by atoms with Gasteiger partial charge in [0.25, 0.3) is 11.8 Å². The lowest BCUT2D eigenvalue weighted by Gasteiger charge is -2.32. The van der Waals surface area contributed by atoms with Crippen LogP contribution >= 0.6 is 0 Å². The van der Waals surface area contributed by atoms with Gasteiger partial charge in [-0.05, 0) is 86.5 Å². The summed E-state index contributed by atoms with van der Waals surface area (Å²) in [4.78, 5) is 75.4. The molecule has 6 heterocycles. The number of nitrogens with one attached hydrogen (secondary N) is 3. The Morgan fingerprint density at radius 2 is 1.74 bits per heavy atom. The number of carbonyl (C=O) groups excluding carboxylic acids is 5. The Kier molecular flexibility index (Phi) is 9.52. The molecule has 8 rings (SSSR count). The van der Waals surface area contributed by atoms with Crippen LogP contribution in [-0.4, -0.2) is 97.8 Å². The minimum Gasteiger partial charge on any atom is -0.385 e. The highest BCUT2D eigenvalue weighted by molar-refractivity contribution is 6.23. The molecular weight excluding hydrogens is 674 g/mol. The first-order chi connectivity index (χ1) is 25.8. The first-order valence-electron chi connectivity index (χ1n) is 18.4. The predicted molar refractivity (Wildman–Crippen MR) is 197 cm³/mol. The molecule has 272 valence electrons. The molecule has 5 amide bonds. The van der Waals surface area contributed by atoms with Gasteiger partial charge in [-0.3, -0.25) is 43.9 Å². The maximum atomic E-state index is 13.1. The number of amides is 5. The van der Waals surface area contributed by atoms with Crippen molar-refractivity contribution in [2.24, 2.45) is 0 Å². The number of unbranched alkanes of at least 4 members (excludes halogenated alkanes) is 1. The Balaban J connectivity index is 0.787. The highest BCUT2D eigenvalue weighted by atomic mass is 16.2. The molecule has 1 atom stereocenters. The molecule has 1 unspecified atom stereocenters. The van der Waals surface area contributed by atoms with E-state index >= 15 is 0 Å². The van der Waals surface area contributed by atoms with Crippen molar-refractivity contribution in [2.45, 2.75) is 63.5 Å². The second-order valence-corrected chi connectivity index (χ2v) is 14.1. The fraction of sp³-hybridized carbons (Fsp3) is 0.385. The molecule has 4 aromatic rings. The van der Waals surface area contributed by atoms with Crippen LogP contribution in [0.4, 0.5) is 5.69 Å². The normalized spacial score (nSPS) is 19.4. The highest BCUT2D eigenvalue weighted by Gasteiger charge is 2.44. The zero-order valence-corrected chi connectivity index (χ0v) is 29.3. The Morgan fingerprint density at radius 3 is 2.55 bits per heavy atom. The standard InChI is InChI=1S/C39H41N9O5/c49-35-9-8-34(37(51)45-35)48-38(52)29-6-5-27(20-30(29)39(48)53)41-14-2-1-3-36(50)46-17-12-28(13-18-46)47-23-26(21-43-47)33-22-42-31-7-4-25(19-32(31)44-33)24-10-15-40-16-11-24/h4-7,10,19-23,28,34,40-41H,1-3,8-9,11-18H2,(H,45,49,51). The van der Waals surface area contributed by atoms with Gasteiger partial charge in [0, 0.05) is 56.5 Å². The number of benzene rings is 2. The topological polar surface area (TPSA) is 172 Å². The maximum absolute atomic E-state index is 13.1. The van der Waals surface area contributed by atoms with E-state index in [0.29, 0.717) is 38.2 Å². The van der Waals surface area contributed by atoms with E-state index in [1.54, 1.807) is 24.4 Å². The lowest BCUT2D eigenvalue weighted by atomic mass is 10.00. The van der Waals surface area contributed by atoms with Crippen molar-refractivity contribution in [3.8, 4) is 11.3 Å². The molecule has 14 heteroatoms. The number of imide groups is 2. The summed E-state index contributed by atoms with van der Waals surface area (Å²) in [5.41, 5.74) is 7.13. The van der Waals surface area contributed by atoms with Crippen LogP contribution in [0.1, 0.15) is 83.7 Å². The molecule has 2 saturated heterocycles. The van der Waals surface area contributed by atoms with E-state index in [2.05, 4.69) is 44.2 Å². The average Bonchev–Trinajstić information content (AvgIpc) is 3.77. The van der Waals surface area contributed by atoms with Crippen LogP contribution in [0.5, 0.6) is 0 Å². The largest absolute Gasteiger partial charge is 0.385 e.